The van der Waals surface area contributed by atoms with Gasteiger partial charge in [-0.2, -0.15) is 0 Å². The number of aryl methyl sites for hydroxylation is 1. The summed E-state index contributed by atoms with van der Waals surface area (Å²) in [6.45, 7) is 6.33. The summed E-state index contributed by atoms with van der Waals surface area (Å²) in [6.07, 6.45) is 1.05. The maximum atomic E-state index is 13.2. The lowest BCUT2D eigenvalue weighted by molar-refractivity contribution is 0.494. The van der Waals surface area contributed by atoms with Gasteiger partial charge in [0, 0.05) is 12.1 Å². The van der Waals surface area contributed by atoms with Gasteiger partial charge in [-0.1, -0.05) is 48.9 Å². The molecule has 1 nitrogen and oxygen atoms in total. The first-order valence-electron chi connectivity index (χ1n) is 7.31. The largest absolute Gasteiger partial charge is 0.304 e. The lowest BCUT2D eigenvalue weighted by Crippen LogP contribution is -2.22. The molecule has 2 aromatic rings. The van der Waals surface area contributed by atoms with Crippen LogP contribution in [0.5, 0.6) is 0 Å². The van der Waals surface area contributed by atoms with E-state index < -0.39 is 0 Å². The van der Waals surface area contributed by atoms with Gasteiger partial charge in [-0.25, -0.2) is 4.39 Å². The number of hydrogen-bond acceptors (Lipinski definition) is 1. The van der Waals surface area contributed by atoms with Crippen LogP contribution < -0.4 is 5.32 Å². The fraction of sp³-hybridized carbons (Fsp3) is 0.333. The van der Waals surface area contributed by atoms with Crippen molar-refractivity contribution in [3.63, 3.8) is 0 Å². The Kier molecular flexibility index (Phi) is 5.38. The first-order valence-corrected chi connectivity index (χ1v) is 7.69. The van der Waals surface area contributed by atoms with Gasteiger partial charge < -0.3 is 5.32 Å². The molecule has 0 aliphatic heterocycles. The van der Waals surface area contributed by atoms with Crippen molar-refractivity contribution in [3.05, 3.63) is 70.0 Å². The van der Waals surface area contributed by atoms with Crippen LogP contribution in [0.1, 0.15) is 49.5 Å². The molecule has 3 heteroatoms. The quantitative estimate of drug-likeness (QED) is 0.774. The summed E-state index contributed by atoms with van der Waals surface area (Å²) in [5.41, 5.74) is 3.56. The average molecular weight is 306 g/mol. The van der Waals surface area contributed by atoms with Crippen LogP contribution in [0.4, 0.5) is 4.39 Å². The van der Waals surface area contributed by atoms with E-state index in [1.807, 2.05) is 0 Å². The lowest BCUT2D eigenvalue weighted by Gasteiger charge is -2.21. The van der Waals surface area contributed by atoms with Crippen molar-refractivity contribution in [3.8, 4) is 0 Å². The van der Waals surface area contributed by atoms with Crippen LogP contribution >= 0.6 is 11.6 Å². The summed E-state index contributed by atoms with van der Waals surface area (Å²) in [5.74, 6) is -0.379. The average Bonchev–Trinajstić information content (AvgIpc) is 2.50. The smallest absolute Gasteiger partial charge is 0.141 e. The van der Waals surface area contributed by atoms with Crippen molar-refractivity contribution in [2.75, 3.05) is 0 Å². The maximum absolute atomic E-state index is 13.2. The van der Waals surface area contributed by atoms with Gasteiger partial charge in [0.1, 0.15) is 5.82 Å². The molecule has 0 amide bonds. The molecule has 2 rings (SSSR count). The number of halogens is 2. The summed E-state index contributed by atoms with van der Waals surface area (Å²) in [7, 11) is 0. The van der Waals surface area contributed by atoms with E-state index in [9.17, 15) is 4.39 Å². The first kappa shape index (κ1) is 16.0. The SMILES string of the molecule is CCc1ccc(C(C)NC(C)c2ccc(F)c(Cl)c2)cc1. The monoisotopic (exact) mass is 305 g/mol. The third-order valence-electron chi connectivity index (χ3n) is 3.83. The van der Waals surface area contributed by atoms with E-state index in [1.54, 1.807) is 12.1 Å². The van der Waals surface area contributed by atoms with E-state index >= 15 is 0 Å². The molecule has 0 saturated heterocycles. The molecule has 0 aromatic heterocycles. The molecule has 1 N–H and O–H groups in total. The highest BCUT2D eigenvalue weighted by molar-refractivity contribution is 6.30. The Morgan fingerprint density at radius 1 is 1.00 bits per heavy atom. The predicted molar refractivity (Wildman–Crippen MR) is 87.2 cm³/mol. The van der Waals surface area contributed by atoms with Gasteiger partial charge in [0.2, 0.25) is 0 Å². The van der Waals surface area contributed by atoms with Crippen molar-refractivity contribution in [2.24, 2.45) is 0 Å². The van der Waals surface area contributed by atoms with Crippen LogP contribution in [0.25, 0.3) is 0 Å². The molecule has 0 saturated carbocycles. The lowest BCUT2D eigenvalue weighted by atomic mass is 10.0. The molecule has 0 fully saturated rings. The Bertz CT molecular complexity index is 595. The number of benzene rings is 2. The molecule has 0 radical (unpaired) electrons. The molecule has 0 bridgehead atoms. The van der Waals surface area contributed by atoms with E-state index in [0.29, 0.717) is 0 Å². The van der Waals surface area contributed by atoms with E-state index in [1.165, 1.54) is 17.2 Å². The van der Waals surface area contributed by atoms with Crippen molar-refractivity contribution in [2.45, 2.75) is 39.3 Å². The van der Waals surface area contributed by atoms with Crippen LogP contribution in [0.3, 0.4) is 0 Å². The zero-order valence-electron chi connectivity index (χ0n) is 12.7. The van der Waals surface area contributed by atoms with Gasteiger partial charge in [-0.05, 0) is 49.1 Å². The van der Waals surface area contributed by atoms with E-state index in [2.05, 4.69) is 50.4 Å². The molecule has 21 heavy (non-hydrogen) atoms. The van der Waals surface area contributed by atoms with Gasteiger partial charge in [0.05, 0.1) is 5.02 Å². The first-order chi connectivity index (χ1) is 10.0. The molecule has 2 aromatic carbocycles. The molecule has 112 valence electrons. The second kappa shape index (κ2) is 7.06. The highest BCUT2D eigenvalue weighted by Crippen LogP contribution is 2.23. The predicted octanol–water partition coefficient (Wildman–Crippen LogP) is 5.45. The summed E-state index contributed by atoms with van der Waals surface area (Å²) in [5, 5.41) is 3.68. The standard InChI is InChI=1S/C18H21ClFN/c1-4-14-5-7-15(8-6-14)12(2)21-13(3)16-9-10-18(20)17(19)11-16/h5-13,21H,4H2,1-3H3. The van der Waals surface area contributed by atoms with Crippen molar-refractivity contribution >= 4 is 11.6 Å². The Labute approximate surface area is 131 Å². The van der Waals surface area contributed by atoms with E-state index in [4.69, 9.17) is 11.6 Å². The Hall–Kier alpha value is -1.38. The highest BCUT2D eigenvalue weighted by Gasteiger charge is 2.12. The van der Waals surface area contributed by atoms with Gasteiger partial charge >= 0.3 is 0 Å². The van der Waals surface area contributed by atoms with Gasteiger partial charge in [-0.15, -0.1) is 0 Å². The molecule has 2 unspecified atom stereocenters. The maximum Gasteiger partial charge on any atom is 0.141 e. The van der Waals surface area contributed by atoms with E-state index in [0.717, 1.165) is 12.0 Å². The molecule has 0 aliphatic rings. The fourth-order valence-corrected chi connectivity index (χ4v) is 2.58. The normalized spacial score (nSPS) is 14.0. The minimum Gasteiger partial charge on any atom is -0.304 e. The topological polar surface area (TPSA) is 12.0 Å². The second-order valence-corrected chi connectivity index (χ2v) is 5.79. The van der Waals surface area contributed by atoms with Gasteiger partial charge in [-0.3, -0.25) is 0 Å². The summed E-state index contributed by atoms with van der Waals surface area (Å²) in [4.78, 5) is 0. The van der Waals surface area contributed by atoms with Crippen LogP contribution in [0.2, 0.25) is 5.02 Å². The van der Waals surface area contributed by atoms with Gasteiger partial charge in [0.15, 0.2) is 0 Å². The second-order valence-electron chi connectivity index (χ2n) is 5.38. The van der Waals surface area contributed by atoms with Crippen LogP contribution in [-0.4, -0.2) is 0 Å². The fourth-order valence-electron chi connectivity index (χ4n) is 2.39. The zero-order valence-corrected chi connectivity index (χ0v) is 13.4. The van der Waals surface area contributed by atoms with Crippen LogP contribution in [0.15, 0.2) is 42.5 Å². The Morgan fingerprint density at radius 3 is 2.14 bits per heavy atom. The highest BCUT2D eigenvalue weighted by atomic mass is 35.5. The molecule has 0 spiro atoms. The third kappa shape index (κ3) is 4.05. The molecular formula is C18H21ClFN. The minimum absolute atomic E-state index is 0.101. The van der Waals surface area contributed by atoms with Crippen LogP contribution in [0, 0.1) is 5.82 Å². The molecule has 2 atom stereocenters. The van der Waals surface area contributed by atoms with Gasteiger partial charge in [0.25, 0.3) is 0 Å². The minimum atomic E-state index is -0.379. The summed E-state index contributed by atoms with van der Waals surface area (Å²) >= 11 is 5.84. The van der Waals surface area contributed by atoms with Crippen molar-refractivity contribution in [1.82, 2.24) is 5.32 Å². The summed E-state index contributed by atoms with van der Waals surface area (Å²) < 4.78 is 13.2. The third-order valence-corrected chi connectivity index (χ3v) is 4.12. The van der Waals surface area contributed by atoms with Crippen molar-refractivity contribution < 1.29 is 4.39 Å². The van der Waals surface area contributed by atoms with Crippen molar-refractivity contribution in [1.29, 1.82) is 0 Å². The molecule has 0 heterocycles. The summed E-state index contributed by atoms with van der Waals surface area (Å²) in [6, 6.07) is 13.8. The number of nitrogens with one attached hydrogen (secondary N) is 1. The Balaban J connectivity index is 2.06. The number of rotatable bonds is 5. The zero-order chi connectivity index (χ0) is 15.4. The van der Waals surface area contributed by atoms with Crippen LogP contribution in [-0.2, 0) is 6.42 Å². The van der Waals surface area contributed by atoms with E-state index in [-0.39, 0.29) is 22.9 Å². The Morgan fingerprint density at radius 2 is 1.57 bits per heavy atom. The molecule has 0 aliphatic carbocycles. The number of hydrogen-bond donors (Lipinski definition) is 1. The molecular weight excluding hydrogens is 285 g/mol.